The van der Waals surface area contributed by atoms with E-state index in [1.165, 1.54) is 0 Å². The molecule has 0 amide bonds. The minimum Gasteiger partial charge on any atom is -0.485 e. The first-order valence-electron chi connectivity index (χ1n) is 7.99. The van der Waals surface area contributed by atoms with E-state index in [2.05, 4.69) is 10.2 Å². The van der Waals surface area contributed by atoms with Gasteiger partial charge >= 0.3 is 0 Å². The molecule has 0 aliphatic rings. The van der Waals surface area contributed by atoms with Gasteiger partial charge in [0.25, 0.3) is 0 Å². The minimum absolute atomic E-state index is 0.391. The van der Waals surface area contributed by atoms with E-state index >= 15 is 0 Å². The Morgan fingerprint density at radius 3 is 2.48 bits per heavy atom. The van der Waals surface area contributed by atoms with E-state index in [1.54, 1.807) is 11.8 Å². The third kappa shape index (κ3) is 4.17. The zero-order valence-corrected chi connectivity index (χ0v) is 16.1. The smallest absolute Gasteiger partial charge is 0.191 e. The lowest BCUT2D eigenvalue weighted by atomic mass is 10.1. The van der Waals surface area contributed by atoms with Crippen molar-refractivity contribution in [3.63, 3.8) is 0 Å². The van der Waals surface area contributed by atoms with Gasteiger partial charge in [-0.05, 0) is 36.6 Å². The largest absolute Gasteiger partial charge is 0.485 e. The van der Waals surface area contributed by atoms with Gasteiger partial charge in [-0.3, -0.25) is 0 Å². The van der Waals surface area contributed by atoms with Gasteiger partial charge in [-0.25, -0.2) is 0 Å². The number of para-hydroxylation sites is 1. The number of aryl methyl sites for hydroxylation is 2. The number of halogens is 1. The first kappa shape index (κ1) is 17.8. The van der Waals surface area contributed by atoms with E-state index in [1.807, 2.05) is 67.9 Å². The van der Waals surface area contributed by atoms with Gasteiger partial charge in [-0.2, -0.15) is 0 Å². The van der Waals surface area contributed by atoms with Crippen molar-refractivity contribution in [2.45, 2.75) is 31.4 Å². The number of benzene rings is 2. The van der Waals surface area contributed by atoms with E-state index in [-0.39, 0.29) is 0 Å². The lowest BCUT2D eigenvalue weighted by Crippen LogP contribution is -2.05. The molecule has 0 saturated heterocycles. The lowest BCUT2D eigenvalue weighted by molar-refractivity contribution is 0.286. The average molecular weight is 374 g/mol. The molecule has 2 aromatic carbocycles. The molecule has 0 bridgehead atoms. The first-order chi connectivity index (χ1) is 12.1. The molecular weight excluding hydrogens is 354 g/mol. The summed E-state index contributed by atoms with van der Waals surface area (Å²) < 4.78 is 7.94. The predicted octanol–water partition coefficient (Wildman–Crippen LogP) is 4.96. The van der Waals surface area contributed by atoms with Crippen LogP contribution in [-0.2, 0) is 19.4 Å². The van der Waals surface area contributed by atoms with Gasteiger partial charge in [-0.1, -0.05) is 59.8 Å². The number of thioether (sulfide) groups is 1. The molecule has 0 spiro atoms. The second kappa shape index (κ2) is 7.93. The fraction of sp³-hybridized carbons (Fsp3) is 0.263. The molecule has 4 nitrogen and oxygen atoms in total. The Balaban J connectivity index is 1.66. The summed E-state index contributed by atoms with van der Waals surface area (Å²) in [6.45, 7) is 4.48. The van der Waals surface area contributed by atoms with Gasteiger partial charge in [-0.15, -0.1) is 10.2 Å². The summed E-state index contributed by atoms with van der Waals surface area (Å²) in [6.07, 6.45) is 0. The SMILES string of the molecule is Cc1cccc(C)c1OCc1nnc(SCc2ccccc2Cl)n1C. The van der Waals surface area contributed by atoms with Gasteiger partial charge in [0.05, 0.1) is 0 Å². The highest BCUT2D eigenvalue weighted by molar-refractivity contribution is 7.98. The van der Waals surface area contributed by atoms with Crippen LogP contribution < -0.4 is 4.74 Å². The van der Waals surface area contributed by atoms with Gasteiger partial charge in [0.2, 0.25) is 0 Å². The predicted molar refractivity (Wildman–Crippen MR) is 102 cm³/mol. The molecule has 0 atom stereocenters. The Hall–Kier alpha value is -1.98. The zero-order valence-electron chi connectivity index (χ0n) is 14.5. The van der Waals surface area contributed by atoms with Crippen molar-refractivity contribution in [3.05, 3.63) is 70.0 Å². The highest BCUT2D eigenvalue weighted by Gasteiger charge is 2.12. The van der Waals surface area contributed by atoms with Crippen molar-refractivity contribution >= 4 is 23.4 Å². The maximum Gasteiger partial charge on any atom is 0.191 e. The molecule has 0 aliphatic carbocycles. The number of aromatic nitrogens is 3. The van der Waals surface area contributed by atoms with Crippen LogP contribution in [0.1, 0.15) is 22.5 Å². The van der Waals surface area contributed by atoms with Crippen LogP contribution >= 0.6 is 23.4 Å². The number of hydrogen-bond donors (Lipinski definition) is 0. The van der Waals surface area contributed by atoms with Crippen molar-refractivity contribution in [3.8, 4) is 5.75 Å². The van der Waals surface area contributed by atoms with Crippen LogP contribution in [0.3, 0.4) is 0 Å². The van der Waals surface area contributed by atoms with Gasteiger partial charge in [0.15, 0.2) is 11.0 Å². The van der Waals surface area contributed by atoms with Crippen LogP contribution in [0, 0.1) is 13.8 Å². The monoisotopic (exact) mass is 373 g/mol. The topological polar surface area (TPSA) is 39.9 Å². The first-order valence-corrected chi connectivity index (χ1v) is 9.36. The fourth-order valence-corrected chi connectivity index (χ4v) is 3.73. The van der Waals surface area contributed by atoms with Crippen LogP contribution in [-0.4, -0.2) is 14.8 Å². The maximum absolute atomic E-state index is 6.21. The molecule has 130 valence electrons. The summed E-state index contributed by atoms with van der Waals surface area (Å²) in [4.78, 5) is 0. The summed E-state index contributed by atoms with van der Waals surface area (Å²) in [5.41, 5.74) is 3.33. The van der Waals surface area contributed by atoms with Gasteiger partial charge < -0.3 is 9.30 Å². The van der Waals surface area contributed by atoms with Gasteiger partial charge in [0, 0.05) is 17.8 Å². The molecule has 0 radical (unpaired) electrons. The van der Waals surface area contributed by atoms with Crippen molar-refractivity contribution < 1.29 is 4.74 Å². The summed E-state index contributed by atoms with van der Waals surface area (Å²) in [6, 6.07) is 14.0. The molecule has 0 aliphatic heterocycles. The molecule has 6 heteroatoms. The Bertz CT molecular complexity index is 859. The molecule has 0 saturated carbocycles. The third-order valence-corrected chi connectivity index (χ3v) is 5.43. The molecule has 0 N–H and O–H groups in total. The van der Waals surface area contributed by atoms with E-state index < -0.39 is 0 Å². The molecule has 3 rings (SSSR count). The van der Waals surface area contributed by atoms with Crippen molar-refractivity contribution in [2.75, 3.05) is 0 Å². The van der Waals surface area contributed by atoms with Crippen LogP contribution in [0.4, 0.5) is 0 Å². The summed E-state index contributed by atoms with van der Waals surface area (Å²) in [7, 11) is 1.96. The number of nitrogens with zero attached hydrogens (tertiary/aromatic N) is 3. The normalized spacial score (nSPS) is 10.9. The van der Waals surface area contributed by atoms with E-state index in [4.69, 9.17) is 16.3 Å². The van der Waals surface area contributed by atoms with Crippen molar-refractivity contribution in [1.29, 1.82) is 0 Å². The van der Waals surface area contributed by atoms with E-state index in [0.29, 0.717) is 6.61 Å². The number of hydrogen-bond acceptors (Lipinski definition) is 4. The highest BCUT2D eigenvalue weighted by Crippen LogP contribution is 2.26. The Morgan fingerprint density at radius 1 is 1.04 bits per heavy atom. The minimum atomic E-state index is 0.391. The second-order valence-corrected chi connectivity index (χ2v) is 7.20. The zero-order chi connectivity index (χ0) is 17.8. The molecule has 0 fully saturated rings. The summed E-state index contributed by atoms with van der Waals surface area (Å²) in [5, 5.41) is 10.2. The van der Waals surface area contributed by atoms with Crippen LogP contribution in [0.2, 0.25) is 5.02 Å². The number of ether oxygens (including phenoxy) is 1. The van der Waals surface area contributed by atoms with Crippen molar-refractivity contribution in [2.24, 2.45) is 7.05 Å². The Morgan fingerprint density at radius 2 is 1.76 bits per heavy atom. The molecule has 3 aromatic rings. The van der Waals surface area contributed by atoms with Crippen LogP contribution in [0.25, 0.3) is 0 Å². The third-order valence-electron chi connectivity index (χ3n) is 3.99. The fourth-order valence-electron chi connectivity index (χ4n) is 2.52. The summed E-state index contributed by atoms with van der Waals surface area (Å²) >= 11 is 7.82. The standard InChI is InChI=1S/C19H20ClN3OS/c1-13-7-6-8-14(2)18(13)24-11-17-21-22-19(23(17)3)25-12-15-9-4-5-10-16(15)20/h4-10H,11-12H2,1-3H3. The molecule has 25 heavy (non-hydrogen) atoms. The molecule has 1 heterocycles. The summed E-state index contributed by atoms with van der Waals surface area (Å²) in [5.74, 6) is 2.46. The second-order valence-electron chi connectivity index (χ2n) is 5.85. The van der Waals surface area contributed by atoms with E-state index in [0.717, 1.165) is 44.2 Å². The van der Waals surface area contributed by atoms with Crippen molar-refractivity contribution in [1.82, 2.24) is 14.8 Å². The number of rotatable bonds is 6. The van der Waals surface area contributed by atoms with Crippen LogP contribution in [0.5, 0.6) is 5.75 Å². The average Bonchev–Trinajstić information content (AvgIpc) is 2.94. The quantitative estimate of drug-likeness (QED) is 0.573. The highest BCUT2D eigenvalue weighted by atomic mass is 35.5. The maximum atomic E-state index is 6.21. The Labute approximate surface area is 157 Å². The molecule has 1 aromatic heterocycles. The molecular formula is C19H20ClN3OS. The molecule has 0 unspecified atom stereocenters. The lowest BCUT2D eigenvalue weighted by Gasteiger charge is -2.11. The van der Waals surface area contributed by atoms with Gasteiger partial charge in [0.1, 0.15) is 12.4 Å². The van der Waals surface area contributed by atoms with E-state index in [9.17, 15) is 0 Å². The van der Waals surface area contributed by atoms with Crippen LogP contribution in [0.15, 0.2) is 47.6 Å². The Kier molecular flexibility index (Phi) is 5.66.